The van der Waals surface area contributed by atoms with Gasteiger partial charge in [0.15, 0.2) is 0 Å². The van der Waals surface area contributed by atoms with Gasteiger partial charge in [0.1, 0.15) is 5.78 Å². The monoisotopic (exact) mass is 490 g/mol. The van der Waals surface area contributed by atoms with Gasteiger partial charge >= 0.3 is 0 Å². The van der Waals surface area contributed by atoms with Gasteiger partial charge in [-0.15, -0.1) is 0 Å². The van der Waals surface area contributed by atoms with Crippen molar-refractivity contribution >= 4 is 5.78 Å². The van der Waals surface area contributed by atoms with Gasteiger partial charge in [0, 0.05) is 6.42 Å². The lowest BCUT2D eigenvalue weighted by Crippen LogP contribution is -2.28. The first-order valence-electron chi connectivity index (χ1n) is 12.8. The Morgan fingerprint density at radius 1 is 0.889 bits per heavy atom. The van der Waals surface area contributed by atoms with Crippen molar-refractivity contribution in [3.05, 3.63) is 106 Å². The van der Waals surface area contributed by atoms with Crippen LogP contribution < -0.4 is 0 Å². The Hall–Kier alpha value is -2.75. The van der Waals surface area contributed by atoms with Gasteiger partial charge in [0.2, 0.25) is 0 Å². The Morgan fingerprint density at radius 2 is 1.39 bits per heavy atom. The molecule has 0 heterocycles. The van der Waals surface area contributed by atoms with Crippen LogP contribution >= 0.6 is 0 Å². The summed E-state index contributed by atoms with van der Waals surface area (Å²) in [6.45, 7) is 16.0. The predicted molar refractivity (Wildman–Crippen MR) is 155 cm³/mol. The van der Waals surface area contributed by atoms with Gasteiger partial charge in [-0.1, -0.05) is 109 Å². The van der Waals surface area contributed by atoms with Crippen LogP contribution in [-0.4, -0.2) is 28.2 Å². The van der Waals surface area contributed by atoms with E-state index in [1.165, 1.54) is 23.6 Å². The van der Waals surface area contributed by atoms with Crippen LogP contribution in [0.15, 0.2) is 106 Å². The smallest absolute Gasteiger partial charge is 0.132 e. The molecule has 0 amide bonds. The van der Waals surface area contributed by atoms with Crippen LogP contribution in [0.25, 0.3) is 0 Å². The van der Waals surface area contributed by atoms with Crippen molar-refractivity contribution in [3.63, 3.8) is 0 Å². The summed E-state index contributed by atoms with van der Waals surface area (Å²) in [6.07, 6.45) is 25.2. The van der Waals surface area contributed by atoms with Crippen molar-refractivity contribution in [2.45, 2.75) is 86.9 Å². The maximum Gasteiger partial charge on any atom is 0.132 e. The van der Waals surface area contributed by atoms with E-state index in [-0.39, 0.29) is 23.7 Å². The molecule has 0 aliphatic heterocycles. The molecule has 2 N–H and O–H groups in total. The number of hydrogen-bond acceptors (Lipinski definition) is 3. The number of hydrogen-bond donors (Lipinski definition) is 2. The highest BCUT2D eigenvalue weighted by Gasteiger charge is 2.31. The number of Topliss-reactive ketones (excluding diaryl/α,β-unsaturated/α-hetero) is 1. The minimum absolute atomic E-state index is 0.00294. The number of carbonyl (C=O) groups excluding carboxylic acids is 1. The average molecular weight is 491 g/mol. The van der Waals surface area contributed by atoms with Crippen LogP contribution in [0.1, 0.15) is 74.7 Å². The molecule has 196 valence electrons. The number of aliphatic hydroxyl groups is 2. The zero-order chi connectivity index (χ0) is 27.3. The fourth-order valence-electron chi connectivity index (χ4n) is 4.22. The Balaban J connectivity index is 2.66. The van der Waals surface area contributed by atoms with Crippen LogP contribution in [-0.2, 0) is 4.79 Å². The molecule has 0 aromatic heterocycles. The molecular weight excluding hydrogens is 444 g/mol. The zero-order valence-electron chi connectivity index (χ0n) is 23.5. The van der Waals surface area contributed by atoms with Crippen molar-refractivity contribution < 1.29 is 15.0 Å². The molecule has 3 heteroatoms. The standard InChI is InChI=1S/C33H46O3/c1-24(13-9-10-14-25(2)17-12-18-27(4)32(36)22-29(6)34)15-11-16-26(3)19-20-31-28(5)21-30(35)23-33(31,7)8/h9-20,30,32,35-36H,21-23H2,1-8H3. The Bertz CT molecular complexity index is 1030. The van der Waals surface area contributed by atoms with E-state index in [2.05, 4.69) is 71.1 Å². The lowest BCUT2D eigenvalue weighted by molar-refractivity contribution is -0.118. The summed E-state index contributed by atoms with van der Waals surface area (Å²) in [5, 5.41) is 20.0. The molecule has 3 nitrogen and oxygen atoms in total. The summed E-state index contributed by atoms with van der Waals surface area (Å²) in [5.74, 6) is -0.0180. The molecule has 1 rings (SSSR count). The summed E-state index contributed by atoms with van der Waals surface area (Å²) in [6, 6.07) is 0. The van der Waals surface area contributed by atoms with E-state index in [1.807, 2.05) is 50.3 Å². The van der Waals surface area contributed by atoms with E-state index in [0.717, 1.165) is 29.6 Å². The number of aliphatic hydroxyl groups excluding tert-OH is 2. The molecular formula is C33H46O3. The first-order chi connectivity index (χ1) is 16.8. The third kappa shape index (κ3) is 12.3. The van der Waals surface area contributed by atoms with Crippen molar-refractivity contribution in [2.75, 3.05) is 0 Å². The Morgan fingerprint density at radius 3 is 1.92 bits per heavy atom. The molecule has 1 aliphatic carbocycles. The van der Waals surface area contributed by atoms with Crippen molar-refractivity contribution in [3.8, 4) is 0 Å². The molecule has 1 aliphatic rings. The summed E-state index contributed by atoms with van der Waals surface area (Å²) in [4.78, 5) is 11.1. The maximum atomic E-state index is 11.1. The van der Waals surface area contributed by atoms with Crippen LogP contribution in [0.4, 0.5) is 0 Å². The molecule has 0 bridgehead atoms. The molecule has 0 spiro atoms. The SMILES string of the molecule is CC(=O)CC(O)C(C)=CC=CC(C)=CC=CC=C(C)C=CC=C(C)C=CC1=C(C)CC(O)CC1(C)C. The molecule has 0 saturated heterocycles. The van der Waals surface area contributed by atoms with E-state index in [1.54, 1.807) is 0 Å². The third-order valence-electron chi connectivity index (χ3n) is 6.26. The molecule has 0 aromatic carbocycles. The van der Waals surface area contributed by atoms with Gasteiger partial charge in [0.25, 0.3) is 0 Å². The van der Waals surface area contributed by atoms with Crippen LogP contribution in [0.5, 0.6) is 0 Å². The van der Waals surface area contributed by atoms with Gasteiger partial charge in [-0.05, 0) is 70.9 Å². The second-order valence-electron chi connectivity index (χ2n) is 10.6. The van der Waals surface area contributed by atoms with Crippen LogP contribution in [0, 0.1) is 5.41 Å². The van der Waals surface area contributed by atoms with E-state index in [0.29, 0.717) is 0 Å². The first kappa shape index (κ1) is 31.3. The normalized spacial score (nSPS) is 21.6. The third-order valence-corrected chi connectivity index (χ3v) is 6.26. The lowest BCUT2D eigenvalue weighted by Gasteiger charge is -2.35. The topological polar surface area (TPSA) is 57.5 Å². The van der Waals surface area contributed by atoms with Gasteiger partial charge in [-0.3, -0.25) is 4.79 Å². The molecule has 0 radical (unpaired) electrons. The van der Waals surface area contributed by atoms with E-state index < -0.39 is 6.10 Å². The van der Waals surface area contributed by atoms with Crippen LogP contribution in [0.2, 0.25) is 0 Å². The summed E-state index contributed by atoms with van der Waals surface area (Å²) in [7, 11) is 0. The Kier molecular flexibility index (Phi) is 13.4. The highest BCUT2D eigenvalue weighted by Crippen LogP contribution is 2.41. The number of carbonyl (C=O) groups is 1. The summed E-state index contributed by atoms with van der Waals surface area (Å²) in [5.41, 5.74) is 6.81. The van der Waals surface area contributed by atoms with E-state index in [9.17, 15) is 15.0 Å². The number of rotatable bonds is 11. The number of ketones is 1. The van der Waals surface area contributed by atoms with Gasteiger partial charge in [0.05, 0.1) is 12.2 Å². The van der Waals surface area contributed by atoms with Gasteiger partial charge < -0.3 is 10.2 Å². The molecule has 2 unspecified atom stereocenters. The molecule has 0 aromatic rings. The van der Waals surface area contributed by atoms with E-state index >= 15 is 0 Å². The summed E-state index contributed by atoms with van der Waals surface area (Å²) >= 11 is 0. The van der Waals surface area contributed by atoms with Crippen LogP contribution in [0.3, 0.4) is 0 Å². The molecule has 36 heavy (non-hydrogen) atoms. The highest BCUT2D eigenvalue weighted by molar-refractivity contribution is 5.76. The largest absolute Gasteiger partial charge is 0.393 e. The quantitative estimate of drug-likeness (QED) is 0.290. The molecule has 2 atom stereocenters. The minimum atomic E-state index is -0.715. The minimum Gasteiger partial charge on any atom is -0.393 e. The molecule has 0 fully saturated rings. The zero-order valence-corrected chi connectivity index (χ0v) is 23.5. The first-order valence-corrected chi connectivity index (χ1v) is 12.8. The summed E-state index contributed by atoms with van der Waals surface area (Å²) < 4.78 is 0. The second kappa shape index (κ2) is 15.4. The lowest BCUT2D eigenvalue weighted by atomic mass is 9.71. The van der Waals surface area contributed by atoms with Crippen molar-refractivity contribution in [1.29, 1.82) is 0 Å². The maximum absolute atomic E-state index is 11.1. The molecule has 0 saturated carbocycles. The number of allylic oxidation sites excluding steroid dienone is 16. The fraction of sp³-hybridized carbons (Fsp3) is 0.424. The highest BCUT2D eigenvalue weighted by atomic mass is 16.3. The van der Waals surface area contributed by atoms with Crippen molar-refractivity contribution in [2.24, 2.45) is 5.41 Å². The Labute approximate surface area is 219 Å². The van der Waals surface area contributed by atoms with E-state index in [4.69, 9.17) is 0 Å². The fourth-order valence-corrected chi connectivity index (χ4v) is 4.22. The van der Waals surface area contributed by atoms with Crippen molar-refractivity contribution in [1.82, 2.24) is 0 Å². The average Bonchev–Trinajstić information content (AvgIpc) is 2.74. The second-order valence-corrected chi connectivity index (χ2v) is 10.6. The van der Waals surface area contributed by atoms with Gasteiger partial charge in [-0.25, -0.2) is 0 Å². The predicted octanol–water partition coefficient (Wildman–Crippen LogP) is 7.83. The van der Waals surface area contributed by atoms with Gasteiger partial charge in [-0.2, -0.15) is 0 Å².